The van der Waals surface area contributed by atoms with Crippen LogP contribution in [-0.4, -0.2) is 25.0 Å². The van der Waals surface area contributed by atoms with Crippen LogP contribution in [0.3, 0.4) is 0 Å². The zero-order valence-electron chi connectivity index (χ0n) is 13.2. The monoisotopic (exact) mass is 337 g/mol. The molecule has 25 heavy (non-hydrogen) atoms. The lowest BCUT2D eigenvalue weighted by Crippen LogP contribution is -2.15. The third-order valence-corrected chi connectivity index (χ3v) is 3.75. The van der Waals surface area contributed by atoms with Crippen molar-refractivity contribution >= 4 is 11.0 Å². The van der Waals surface area contributed by atoms with E-state index in [0.29, 0.717) is 17.8 Å². The molecular weight excluding hydrogens is 325 g/mol. The van der Waals surface area contributed by atoms with Gasteiger partial charge in [0.15, 0.2) is 5.69 Å². The summed E-state index contributed by atoms with van der Waals surface area (Å²) in [6, 6.07) is 9.48. The van der Waals surface area contributed by atoms with Gasteiger partial charge in [-0.1, -0.05) is 12.1 Å². The van der Waals surface area contributed by atoms with Gasteiger partial charge in [-0.25, -0.2) is 4.39 Å². The number of halogens is 1. The van der Waals surface area contributed by atoms with Crippen molar-refractivity contribution < 1.29 is 8.81 Å². The van der Waals surface area contributed by atoms with Crippen molar-refractivity contribution in [1.82, 2.24) is 25.0 Å². The number of hydrogen-bond donors (Lipinski definition) is 0. The molecule has 0 saturated carbocycles. The number of benzene rings is 1. The topological polar surface area (TPSA) is 86.7 Å². The van der Waals surface area contributed by atoms with Crippen molar-refractivity contribution in [3.63, 3.8) is 0 Å². The average Bonchev–Trinajstić information content (AvgIpc) is 3.08. The van der Waals surface area contributed by atoms with E-state index >= 15 is 0 Å². The van der Waals surface area contributed by atoms with Gasteiger partial charge in [0.05, 0.1) is 11.9 Å². The molecule has 124 valence electrons. The van der Waals surface area contributed by atoms with Gasteiger partial charge in [0.1, 0.15) is 11.3 Å². The normalized spacial score (nSPS) is 11.1. The Hall–Kier alpha value is -3.42. The summed E-state index contributed by atoms with van der Waals surface area (Å²) in [6.07, 6.45) is 1.88. The van der Waals surface area contributed by atoms with Gasteiger partial charge in [0.2, 0.25) is 11.3 Å². The zero-order valence-corrected chi connectivity index (χ0v) is 13.2. The SMILES string of the molecule is Cn1nc(-c2nnc(Cc3ccc(F)cc3)o2)c(=O)c2ncccc21. The van der Waals surface area contributed by atoms with E-state index in [1.807, 2.05) is 0 Å². The lowest BCUT2D eigenvalue weighted by atomic mass is 10.1. The smallest absolute Gasteiger partial charge is 0.272 e. The van der Waals surface area contributed by atoms with E-state index < -0.39 is 0 Å². The summed E-state index contributed by atoms with van der Waals surface area (Å²) in [6.45, 7) is 0. The second kappa shape index (κ2) is 5.90. The minimum atomic E-state index is -0.370. The largest absolute Gasteiger partial charge is 0.419 e. The number of fused-ring (bicyclic) bond motifs is 1. The van der Waals surface area contributed by atoms with Crippen LogP contribution in [0.25, 0.3) is 22.6 Å². The van der Waals surface area contributed by atoms with Crippen molar-refractivity contribution in [1.29, 1.82) is 0 Å². The molecule has 0 unspecified atom stereocenters. The first-order valence-corrected chi connectivity index (χ1v) is 7.51. The molecular formula is C17H12FN5O2. The van der Waals surface area contributed by atoms with Gasteiger partial charge < -0.3 is 4.42 Å². The first kappa shape index (κ1) is 15.1. The average molecular weight is 337 g/mol. The molecule has 7 nitrogen and oxygen atoms in total. The molecule has 0 spiro atoms. The summed E-state index contributed by atoms with van der Waals surface area (Å²) in [5.41, 5.74) is 1.39. The highest BCUT2D eigenvalue weighted by Gasteiger charge is 2.18. The third-order valence-electron chi connectivity index (χ3n) is 3.75. The molecule has 0 saturated heterocycles. The second-order valence-electron chi connectivity index (χ2n) is 5.48. The lowest BCUT2D eigenvalue weighted by Gasteiger charge is -2.04. The molecule has 0 aliphatic heterocycles. The van der Waals surface area contributed by atoms with Crippen LogP contribution < -0.4 is 5.43 Å². The van der Waals surface area contributed by atoms with E-state index in [9.17, 15) is 9.18 Å². The Labute approximate surface area is 140 Å². The van der Waals surface area contributed by atoms with E-state index in [2.05, 4.69) is 20.3 Å². The molecule has 0 atom stereocenters. The number of aryl methyl sites for hydroxylation is 1. The molecule has 0 amide bonds. The molecule has 8 heteroatoms. The van der Waals surface area contributed by atoms with Gasteiger partial charge in [-0.2, -0.15) is 5.10 Å². The maximum absolute atomic E-state index is 13.0. The van der Waals surface area contributed by atoms with E-state index in [1.165, 1.54) is 12.1 Å². The van der Waals surface area contributed by atoms with E-state index in [4.69, 9.17) is 4.42 Å². The first-order chi connectivity index (χ1) is 12.1. The zero-order chi connectivity index (χ0) is 17.4. The molecule has 0 radical (unpaired) electrons. The van der Waals surface area contributed by atoms with Gasteiger partial charge in [0, 0.05) is 13.2 Å². The van der Waals surface area contributed by atoms with Gasteiger partial charge in [-0.05, 0) is 29.8 Å². The third kappa shape index (κ3) is 2.78. The predicted octanol–water partition coefficient (Wildman–Crippen LogP) is 2.11. The van der Waals surface area contributed by atoms with Crippen LogP contribution in [0.2, 0.25) is 0 Å². The van der Waals surface area contributed by atoms with Gasteiger partial charge in [-0.3, -0.25) is 14.5 Å². The second-order valence-corrected chi connectivity index (χ2v) is 5.48. The Morgan fingerprint density at radius 3 is 2.76 bits per heavy atom. The number of nitrogens with zero attached hydrogens (tertiary/aromatic N) is 5. The molecule has 0 N–H and O–H groups in total. The van der Waals surface area contributed by atoms with E-state index in [1.54, 1.807) is 42.2 Å². The summed E-state index contributed by atoms with van der Waals surface area (Å²) in [5.74, 6) is 0.0307. The summed E-state index contributed by atoms with van der Waals surface area (Å²) in [7, 11) is 1.71. The van der Waals surface area contributed by atoms with Crippen molar-refractivity contribution in [2.24, 2.45) is 7.05 Å². The highest BCUT2D eigenvalue weighted by atomic mass is 19.1. The van der Waals surface area contributed by atoms with Crippen LogP contribution in [-0.2, 0) is 13.5 Å². The van der Waals surface area contributed by atoms with Gasteiger partial charge in [0.25, 0.3) is 5.89 Å². The van der Waals surface area contributed by atoms with Crippen molar-refractivity contribution in [2.45, 2.75) is 6.42 Å². The van der Waals surface area contributed by atoms with Crippen LogP contribution in [0, 0.1) is 5.82 Å². The maximum atomic E-state index is 13.0. The number of pyridine rings is 1. The Balaban J connectivity index is 1.73. The van der Waals surface area contributed by atoms with Crippen LogP contribution in [0.5, 0.6) is 0 Å². The lowest BCUT2D eigenvalue weighted by molar-refractivity contribution is 0.513. The predicted molar refractivity (Wildman–Crippen MR) is 87.3 cm³/mol. The molecule has 0 aliphatic carbocycles. The number of hydrogen-bond acceptors (Lipinski definition) is 6. The molecule has 0 aliphatic rings. The van der Waals surface area contributed by atoms with Gasteiger partial charge in [-0.15, -0.1) is 10.2 Å². The molecule has 1 aromatic carbocycles. The first-order valence-electron chi connectivity index (χ1n) is 7.51. The Morgan fingerprint density at radius 2 is 1.96 bits per heavy atom. The van der Waals surface area contributed by atoms with Crippen LogP contribution in [0.1, 0.15) is 11.5 Å². The van der Waals surface area contributed by atoms with Crippen LogP contribution >= 0.6 is 0 Å². The minimum absolute atomic E-state index is 0.0327. The van der Waals surface area contributed by atoms with Crippen molar-refractivity contribution in [3.05, 3.63) is 70.1 Å². The van der Waals surface area contributed by atoms with Crippen molar-refractivity contribution in [2.75, 3.05) is 0 Å². The van der Waals surface area contributed by atoms with E-state index in [0.717, 1.165) is 5.56 Å². The highest BCUT2D eigenvalue weighted by molar-refractivity contribution is 5.76. The quantitative estimate of drug-likeness (QED) is 0.569. The van der Waals surface area contributed by atoms with Crippen LogP contribution in [0.4, 0.5) is 4.39 Å². The minimum Gasteiger partial charge on any atom is -0.419 e. The molecule has 4 aromatic rings. The summed E-state index contributed by atoms with van der Waals surface area (Å²) in [4.78, 5) is 16.7. The van der Waals surface area contributed by atoms with Gasteiger partial charge >= 0.3 is 0 Å². The Kier molecular flexibility index (Phi) is 3.57. The standard InChI is InChI=1S/C17H12FN5O2/c1-23-12-3-2-8-19-14(12)16(24)15(22-23)17-21-20-13(25-17)9-10-4-6-11(18)7-5-10/h2-8H,9H2,1H3. The molecule has 0 fully saturated rings. The molecule has 4 rings (SSSR count). The van der Waals surface area contributed by atoms with Crippen molar-refractivity contribution in [3.8, 4) is 11.6 Å². The molecule has 3 aromatic heterocycles. The highest BCUT2D eigenvalue weighted by Crippen LogP contribution is 2.16. The maximum Gasteiger partial charge on any atom is 0.272 e. The van der Waals surface area contributed by atoms with E-state index in [-0.39, 0.29) is 28.3 Å². The summed E-state index contributed by atoms with van der Waals surface area (Å²) in [5, 5.41) is 12.1. The fourth-order valence-electron chi connectivity index (χ4n) is 2.53. The number of rotatable bonds is 3. The summed E-state index contributed by atoms with van der Waals surface area (Å²) < 4.78 is 20.1. The Morgan fingerprint density at radius 1 is 1.16 bits per heavy atom. The summed E-state index contributed by atoms with van der Waals surface area (Å²) >= 11 is 0. The fraction of sp³-hybridized carbons (Fsp3) is 0.118. The number of aromatic nitrogens is 5. The fourth-order valence-corrected chi connectivity index (χ4v) is 2.53. The Bertz CT molecular complexity index is 1120. The molecule has 0 bridgehead atoms. The molecule has 3 heterocycles. The van der Waals surface area contributed by atoms with Crippen LogP contribution in [0.15, 0.2) is 51.8 Å².